The molecule has 1 amide bonds. The van der Waals surface area contributed by atoms with Gasteiger partial charge in [0.25, 0.3) is 0 Å². The molecule has 0 bridgehead atoms. The Hall–Kier alpha value is -1.91. The first-order chi connectivity index (χ1) is 9.90. The predicted molar refractivity (Wildman–Crippen MR) is 77.5 cm³/mol. The molecule has 1 aromatic rings. The molecule has 1 aliphatic carbocycles. The summed E-state index contributed by atoms with van der Waals surface area (Å²) in [5, 5.41) is 11.6. The van der Waals surface area contributed by atoms with E-state index in [0.29, 0.717) is 0 Å². The van der Waals surface area contributed by atoms with Crippen LogP contribution in [0.25, 0.3) is 0 Å². The van der Waals surface area contributed by atoms with E-state index in [9.17, 15) is 14.0 Å². The normalized spacial score (nSPS) is 16.7. The molecule has 0 saturated heterocycles. The van der Waals surface area contributed by atoms with E-state index in [4.69, 9.17) is 5.11 Å². The van der Waals surface area contributed by atoms with Crippen molar-refractivity contribution in [2.24, 2.45) is 5.41 Å². The summed E-state index contributed by atoms with van der Waals surface area (Å²) in [6.07, 6.45) is 3.49. The minimum Gasteiger partial charge on any atom is -0.481 e. The Morgan fingerprint density at radius 1 is 1.29 bits per heavy atom. The summed E-state index contributed by atoms with van der Waals surface area (Å²) in [5.41, 5.74) is 0.453. The highest BCUT2D eigenvalue weighted by Gasteiger charge is 2.38. The van der Waals surface area contributed by atoms with Crippen molar-refractivity contribution < 1.29 is 19.1 Å². The number of carbonyl (C=O) groups excluding carboxylic acids is 1. The number of halogens is 1. The van der Waals surface area contributed by atoms with Crippen LogP contribution in [0.4, 0.5) is 10.1 Å². The van der Waals surface area contributed by atoms with Crippen LogP contribution in [0.5, 0.6) is 0 Å². The van der Waals surface area contributed by atoms with Crippen LogP contribution >= 0.6 is 0 Å². The van der Waals surface area contributed by atoms with Crippen molar-refractivity contribution in [2.45, 2.75) is 45.4 Å². The third kappa shape index (κ3) is 4.03. The SMILES string of the molecule is Cc1ccc(NC(=O)CC2(CC(=O)O)CCCC2)c(F)c1. The van der Waals surface area contributed by atoms with Gasteiger partial charge in [0.15, 0.2) is 0 Å². The lowest BCUT2D eigenvalue weighted by Gasteiger charge is -2.26. The molecule has 114 valence electrons. The molecule has 0 heterocycles. The largest absolute Gasteiger partial charge is 0.481 e. The number of hydrogen-bond donors (Lipinski definition) is 2. The first-order valence-corrected chi connectivity index (χ1v) is 7.18. The van der Waals surface area contributed by atoms with Crippen LogP contribution in [-0.2, 0) is 9.59 Å². The Labute approximate surface area is 123 Å². The van der Waals surface area contributed by atoms with Crippen molar-refractivity contribution in [1.82, 2.24) is 0 Å². The van der Waals surface area contributed by atoms with Crippen LogP contribution in [0.2, 0.25) is 0 Å². The highest BCUT2D eigenvalue weighted by atomic mass is 19.1. The molecule has 0 atom stereocenters. The Morgan fingerprint density at radius 2 is 1.95 bits per heavy atom. The molecular formula is C16H20FNO3. The minimum atomic E-state index is -0.883. The lowest BCUT2D eigenvalue weighted by Crippen LogP contribution is -2.28. The van der Waals surface area contributed by atoms with Gasteiger partial charge in [-0.15, -0.1) is 0 Å². The van der Waals surface area contributed by atoms with Crippen LogP contribution in [0, 0.1) is 18.2 Å². The van der Waals surface area contributed by atoms with Gasteiger partial charge in [-0.05, 0) is 42.9 Å². The van der Waals surface area contributed by atoms with Crippen molar-refractivity contribution in [3.63, 3.8) is 0 Å². The second-order valence-corrected chi connectivity index (χ2v) is 5.99. The third-order valence-corrected chi connectivity index (χ3v) is 4.12. The monoisotopic (exact) mass is 293 g/mol. The molecule has 4 nitrogen and oxygen atoms in total. The molecule has 2 rings (SSSR count). The van der Waals surface area contributed by atoms with Gasteiger partial charge in [-0.1, -0.05) is 18.9 Å². The molecule has 1 aliphatic rings. The smallest absolute Gasteiger partial charge is 0.303 e. The Balaban J connectivity index is 2.04. The number of rotatable bonds is 5. The summed E-state index contributed by atoms with van der Waals surface area (Å²) in [6, 6.07) is 4.61. The molecule has 2 N–H and O–H groups in total. The highest BCUT2D eigenvalue weighted by Crippen LogP contribution is 2.44. The van der Waals surface area contributed by atoms with Gasteiger partial charge < -0.3 is 10.4 Å². The van der Waals surface area contributed by atoms with Gasteiger partial charge in [-0.25, -0.2) is 4.39 Å². The van der Waals surface area contributed by atoms with Gasteiger partial charge in [0.2, 0.25) is 5.91 Å². The van der Waals surface area contributed by atoms with E-state index in [0.717, 1.165) is 31.2 Å². The van der Waals surface area contributed by atoms with Crippen molar-refractivity contribution in [3.8, 4) is 0 Å². The zero-order chi connectivity index (χ0) is 15.5. The standard InChI is InChI=1S/C16H20FNO3/c1-11-4-5-13(12(17)8-11)18-14(19)9-16(10-15(20)21)6-2-3-7-16/h4-5,8H,2-3,6-7,9-10H2,1H3,(H,18,19)(H,20,21). The number of amides is 1. The summed E-state index contributed by atoms with van der Waals surface area (Å²) in [5.74, 6) is -1.67. The maximum atomic E-state index is 13.7. The summed E-state index contributed by atoms with van der Waals surface area (Å²) in [6.45, 7) is 1.77. The number of benzene rings is 1. The predicted octanol–water partition coefficient (Wildman–Crippen LogP) is 3.50. The summed E-state index contributed by atoms with van der Waals surface area (Å²) in [4.78, 5) is 23.1. The average Bonchev–Trinajstić information content (AvgIpc) is 2.80. The number of aryl methyl sites for hydroxylation is 1. The zero-order valence-electron chi connectivity index (χ0n) is 12.1. The molecular weight excluding hydrogens is 273 g/mol. The molecule has 5 heteroatoms. The van der Waals surface area contributed by atoms with Crippen molar-refractivity contribution in [3.05, 3.63) is 29.6 Å². The second kappa shape index (κ2) is 6.24. The minimum absolute atomic E-state index is 0.00317. The van der Waals surface area contributed by atoms with E-state index in [-0.39, 0.29) is 24.4 Å². The Morgan fingerprint density at radius 3 is 2.52 bits per heavy atom. The molecule has 1 saturated carbocycles. The quantitative estimate of drug-likeness (QED) is 0.873. The number of carboxylic acid groups (broad SMARTS) is 1. The fourth-order valence-corrected chi connectivity index (χ4v) is 3.12. The van der Waals surface area contributed by atoms with Gasteiger partial charge in [0, 0.05) is 6.42 Å². The zero-order valence-corrected chi connectivity index (χ0v) is 12.1. The van der Waals surface area contributed by atoms with Crippen LogP contribution in [0.3, 0.4) is 0 Å². The number of hydrogen-bond acceptors (Lipinski definition) is 2. The fourth-order valence-electron chi connectivity index (χ4n) is 3.12. The van der Waals surface area contributed by atoms with Crippen molar-refractivity contribution in [1.29, 1.82) is 0 Å². The Bertz CT molecular complexity index is 550. The molecule has 0 radical (unpaired) electrons. The second-order valence-electron chi connectivity index (χ2n) is 5.99. The molecule has 1 fully saturated rings. The van der Waals surface area contributed by atoms with Crippen LogP contribution < -0.4 is 5.32 Å². The number of carbonyl (C=O) groups is 2. The van der Waals surface area contributed by atoms with Gasteiger partial charge in [-0.3, -0.25) is 9.59 Å². The molecule has 0 unspecified atom stereocenters. The van der Waals surface area contributed by atoms with Gasteiger partial charge in [-0.2, -0.15) is 0 Å². The third-order valence-electron chi connectivity index (χ3n) is 4.12. The van der Waals surface area contributed by atoms with E-state index in [1.807, 2.05) is 0 Å². The van der Waals surface area contributed by atoms with Crippen LogP contribution in [0.1, 0.15) is 44.1 Å². The Kier molecular flexibility index (Phi) is 4.60. The summed E-state index contributed by atoms with van der Waals surface area (Å²) in [7, 11) is 0. The van der Waals surface area contributed by atoms with Crippen molar-refractivity contribution in [2.75, 3.05) is 5.32 Å². The first kappa shape index (κ1) is 15.5. The van der Waals surface area contributed by atoms with E-state index >= 15 is 0 Å². The maximum Gasteiger partial charge on any atom is 0.303 e. The maximum absolute atomic E-state index is 13.7. The van der Waals surface area contributed by atoms with E-state index in [2.05, 4.69) is 5.32 Å². The molecule has 0 aliphatic heterocycles. The van der Waals surface area contributed by atoms with Gasteiger partial charge >= 0.3 is 5.97 Å². The summed E-state index contributed by atoms with van der Waals surface area (Å²) < 4.78 is 13.7. The molecule has 0 aromatic heterocycles. The summed E-state index contributed by atoms with van der Waals surface area (Å²) >= 11 is 0. The molecule has 21 heavy (non-hydrogen) atoms. The fraction of sp³-hybridized carbons (Fsp3) is 0.500. The van der Waals surface area contributed by atoms with Gasteiger partial charge in [0.05, 0.1) is 12.1 Å². The first-order valence-electron chi connectivity index (χ1n) is 7.18. The van der Waals surface area contributed by atoms with E-state index in [1.165, 1.54) is 12.1 Å². The molecule has 0 spiro atoms. The number of nitrogens with one attached hydrogen (secondary N) is 1. The van der Waals surface area contributed by atoms with Crippen LogP contribution in [-0.4, -0.2) is 17.0 Å². The van der Waals surface area contributed by atoms with Gasteiger partial charge in [0.1, 0.15) is 5.82 Å². The molecule has 1 aromatic carbocycles. The topological polar surface area (TPSA) is 66.4 Å². The average molecular weight is 293 g/mol. The van der Waals surface area contributed by atoms with E-state index < -0.39 is 17.2 Å². The lowest BCUT2D eigenvalue weighted by molar-refractivity contribution is -0.140. The number of carboxylic acids is 1. The highest BCUT2D eigenvalue weighted by molar-refractivity contribution is 5.91. The number of aliphatic carboxylic acids is 1. The van der Waals surface area contributed by atoms with Crippen molar-refractivity contribution >= 4 is 17.6 Å². The van der Waals surface area contributed by atoms with E-state index in [1.54, 1.807) is 13.0 Å². The van der Waals surface area contributed by atoms with Crippen LogP contribution in [0.15, 0.2) is 18.2 Å². The number of anilines is 1. The lowest BCUT2D eigenvalue weighted by atomic mass is 9.79.